The third kappa shape index (κ3) is 2.57. The van der Waals surface area contributed by atoms with Crippen LogP contribution in [0.4, 0.5) is 0 Å². The predicted octanol–water partition coefficient (Wildman–Crippen LogP) is 5.51. The zero-order valence-electron chi connectivity index (χ0n) is 15.1. The SMILES string of the molecule is CCCc1cccc2ccc3c(C#N)c(C#N)c(C#N)c(CCC)c3c12. The van der Waals surface area contributed by atoms with Crippen molar-refractivity contribution in [2.75, 3.05) is 0 Å². The van der Waals surface area contributed by atoms with Gasteiger partial charge in [0.05, 0.1) is 16.7 Å². The summed E-state index contributed by atoms with van der Waals surface area (Å²) in [6.07, 6.45) is 3.53. The number of benzene rings is 3. The fraction of sp³-hybridized carbons (Fsp3) is 0.261. The zero-order chi connectivity index (χ0) is 18.7. The van der Waals surface area contributed by atoms with Crippen molar-refractivity contribution in [1.82, 2.24) is 0 Å². The molecule has 0 saturated heterocycles. The van der Waals surface area contributed by atoms with Crippen LogP contribution in [-0.4, -0.2) is 0 Å². The summed E-state index contributed by atoms with van der Waals surface area (Å²) >= 11 is 0. The summed E-state index contributed by atoms with van der Waals surface area (Å²) < 4.78 is 0. The van der Waals surface area contributed by atoms with Gasteiger partial charge in [0, 0.05) is 5.39 Å². The molecule has 0 aliphatic carbocycles. The summed E-state index contributed by atoms with van der Waals surface area (Å²) in [5, 5.41) is 33.1. The summed E-state index contributed by atoms with van der Waals surface area (Å²) in [5.41, 5.74) is 3.00. The van der Waals surface area contributed by atoms with Crippen molar-refractivity contribution in [3.63, 3.8) is 0 Å². The smallest absolute Gasteiger partial charge is 0.102 e. The van der Waals surface area contributed by atoms with E-state index in [0.29, 0.717) is 17.5 Å². The van der Waals surface area contributed by atoms with Crippen molar-refractivity contribution in [3.05, 3.63) is 58.1 Å². The van der Waals surface area contributed by atoms with Gasteiger partial charge in [-0.25, -0.2) is 0 Å². The van der Waals surface area contributed by atoms with Gasteiger partial charge in [-0.15, -0.1) is 0 Å². The van der Waals surface area contributed by atoms with E-state index < -0.39 is 0 Å². The van der Waals surface area contributed by atoms with Crippen molar-refractivity contribution in [1.29, 1.82) is 15.8 Å². The first kappa shape index (κ1) is 17.5. The minimum atomic E-state index is 0.207. The van der Waals surface area contributed by atoms with Crippen LogP contribution >= 0.6 is 0 Å². The standard InChI is InChI=1S/C23H19N3/c1-3-6-15-8-5-9-16-10-11-18-20(13-25)21(14-26)19(12-24)17(7-4-2)23(18)22(15)16/h5,8-11H,3-4,6-7H2,1-2H3. The molecule has 0 N–H and O–H groups in total. The van der Waals surface area contributed by atoms with Crippen LogP contribution < -0.4 is 0 Å². The number of hydrogen-bond acceptors (Lipinski definition) is 3. The molecule has 0 aliphatic heterocycles. The van der Waals surface area contributed by atoms with Crippen LogP contribution in [-0.2, 0) is 12.8 Å². The van der Waals surface area contributed by atoms with Crippen molar-refractivity contribution < 1.29 is 0 Å². The molecule has 0 heterocycles. The van der Waals surface area contributed by atoms with E-state index in [1.807, 2.05) is 12.1 Å². The van der Waals surface area contributed by atoms with E-state index in [0.717, 1.165) is 46.4 Å². The van der Waals surface area contributed by atoms with Crippen molar-refractivity contribution >= 4 is 21.5 Å². The van der Waals surface area contributed by atoms with Crippen LogP contribution in [0.25, 0.3) is 21.5 Å². The second kappa shape index (κ2) is 7.26. The molecule has 3 nitrogen and oxygen atoms in total. The van der Waals surface area contributed by atoms with Crippen LogP contribution in [0.15, 0.2) is 30.3 Å². The van der Waals surface area contributed by atoms with Crippen LogP contribution in [0.1, 0.15) is 54.5 Å². The molecule has 0 spiro atoms. The predicted molar refractivity (Wildman–Crippen MR) is 104 cm³/mol. The van der Waals surface area contributed by atoms with E-state index in [1.54, 1.807) is 0 Å². The highest BCUT2D eigenvalue weighted by Gasteiger charge is 2.21. The Kier molecular flexibility index (Phi) is 4.88. The molecule has 0 bridgehead atoms. The van der Waals surface area contributed by atoms with E-state index >= 15 is 0 Å². The lowest BCUT2D eigenvalue weighted by atomic mass is 9.84. The van der Waals surface area contributed by atoms with E-state index in [4.69, 9.17) is 0 Å². The molecule has 0 atom stereocenters. The van der Waals surface area contributed by atoms with Gasteiger partial charge in [-0.3, -0.25) is 0 Å². The Balaban J connectivity index is 2.68. The molecule has 0 fully saturated rings. The Morgan fingerprint density at radius 2 is 1.42 bits per heavy atom. The lowest BCUT2D eigenvalue weighted by Crippen LogP contribution is -2.02. The van der Waals surface area contributed by atoms with Gasteiger partial charge < -0.3 is 0 Å². The number of aryl methyl sites for hydroxylation is 2. The van der Waals surface area contributed by atoms with Crippen LogP contribution in [0.3, 0.4) is 0 Å². The molecule has 0 aromatic heterocycles. The number of nitriles is 3. The van der Waals surface area contributed by atoms with Crippen LogP contribution in [0.5, 0.6) is 0 Å². The fourth-order valence-corrected chi connectivity index (χ4v) is 3.84. The van der Waals surface area contributed by atoms with E-state index in [2.05, 4.69) is 50.3 Å². The summed E-state index contributed by atoms with van der Waals surface area (Å²) in [4.78, 5) is 0. The van der Waals surface area contributed by atoms with Gasteiger partial charge in [0.15, 0.2) is 0 Å². The van der Waals surface area contributed by atoms with Gasteiger partial charge in [-0.2, -0.15) is 15.8 Å². The first-order valence-corrected chi connectivity index (χ1v) is 8.95. The van der Waals surface area contributed by atoms with Gasteiger partial charge in [0.1, 0.15) is 18.2 Å². The molecular formula is C23H19N3. The highest BCUT2D eigenvalue weighted by molar-refractivity contribution is 6.13. The minimum absolute atomic E-state index is 0.207. The highest BCUT2D eigenvalue weighted by Crippen LogP contribution is 2.37. The largest absolute Gasteiger partial charge is 0.192 e. The van der Waals surface area contributed by atoms with Gasteiger partial charge in [0.25, 0.3) is 0 Å². The maximum absolute atomic E-state index is 9.77. The lowest BCUT2D eigenvalue weighted by molar-refractivity contribution is 0.922. The fourth-order valence-electron chi connectivity index (χ4n) is 3.84. The molecule has 0 amide bonds. The van der Waals surface area contributed by atoms with Crippen LogP contribution in [0, 0.1) is 34.0 Å². The van der Waals surface area contributed by atoms with Crippen LogP contribution in [0.2, 0.25) is 0 Å². The normalized spacial score (nSPS) is 10.4. The monoisotopic (exact) mass is 337 g/mol. The molecular weight excluding hydrogens is 318 g/mol. The lowest BCUT2D eigenvalue weighted by Gasteiger charge is -2.16. The minimum Gasteiger partial charge on any atom is -0.192 e. The topological polar surface area (TPSA) is 71.4 Å². The first-order valence-electron chi connectivity index (χ1n) is 8.95. The molecule has 3 aromatic carbocycles. The summed E-state index contributed by atoms with van der Waals surface area (Å²) in [5.74, 6) is 0. The van der Waals surface area contributed by atoms with Gasteiger partial charge >= 0.3 is 0 Å². The maximum Gasteiger partial charge on any atom is 0.102 e. The number of hydrogen-bond donors (Lipinski definition) is 0. The third-order valence-electron chi connectivity index (χ3n) is 4.86. The Morgan fingerprint density at radius 1 is 0.731 bits per heavy atom. The molecule has 126 valence electrons. The van der Waals surface area contributed by atoms with Crippen molar-refractivity contribution in [3.8, 4) is 18.2 Å². The number of fused-ring (bicyclic) bond motifs is 3. The Labute approximate surface area is 153 Å². The summed E-state index contributed by atoms with van der Waals surface area (Å²) in [7, 11) is 0. The first-order chi connectivity index (χ1) is 12.7. The van der Waals surface area contributed by atoms with E-state index in [9.17, 15) is 15.8 Å². The highest BCUT2D eigenvalue weighted by atomic mass is 14.3. The molecule has 3 heteroatoms. The number of nitrogens with zero attached hydrogens (tertiary/aromatic N) is 3. The van der Waals surface area contributed by atoms with E-state index in [1.165, 1.54) is 5.56 Å². The molecule has 0 radical (unpaired) electrons. The van der Waals surface area contributed by atoms with E-state index in [-0.39, 0.29) is 5.56 Å². The second-order valence-corrected chi connectivity index (χ2v) is 6.44. The maximum atomic E-state index is 9.77. The average Bonchev–Trinajstić information content (AvgIpc) is 2.67. The Morgan fingerprint density at radius 3 is 2.04 bits per heavy atom. The molecule has 3 aromatic rings. The quantitative estimate of drug-likeness (QED) is 0.589. The van der Waals surface area contributed by atoms with Crippen molar-refractivity contribution in [2.24, 2.45) is 0 Å². The second-order valence-electron chi connectivity index (χ2n) is 6.44. The molecule has 0 saturated carbocycles. The molecule has 0 aliphatic rings. The molecule has 26 heavy (non-hydrogen) atoms. The Bertz CT molecular complexity index is 1130. The summed E-state index contributed by atoms with van der Waals surface area (Å²) in [6, 6.07) is 16.7. The summed E-state index contributed by atoms with van der Waals surface area (Å²) in [6.45, 7) is 4.21. The Hall–Kier alpha value is -3.35. The average molecular weight is 337 g/mol. The zero-order valence-corrected chi connectivity index (χ0v) is 15.1. The number of rotatable bonds is 4. The van der Waals surface area contributed by atoms with Crippen molar-refractivity contribution in [2.45, 2.75) is 39.5 Å². The van der Waals surface area contributed by atoms with Gasteiger partial charge in [-0.05, 0) is 40.1 Å². The molecule has 3 rings (SSSR count). The molecule has 0 unspecified atom stereocenters. The van der Waals surface area contributed by atoms with Gasteiger partial charge in [-0.1, -0.05) is 57.0 Å². The third-order valence-corrected chi connectivity index (χ3v) is 4.86. The van der Waals surface area contributed by atoms with Gasteiger partial charge in [0.2, 0.25) is 0 Å².